The van der Waals surface area contributed by atoms with Crippen LogP contribution in [0.5, 0.6) is 5.75 Å². The molecule has 3 aromatic heterocycles. The molecule has 40 heavy (non-hydrogen) atoms. The number of anilines is 3. The topological polar surface area (TPSA) is 184 Å². The van der Waals surface area contributed by atoms with Crippen LogP contribution in [-0.2, 0) is 23.1 Å². The lowest BCUT2D eigenvalue weighted by atomic mass is 10.0. The molecule has 1 aliphatic heterocycles. The lowest BCUT2D eigenvalue weighted by molar-refractivity contribution is -0.116. The van der Waals surface area contributed by atoms with Crippen molar-refractivity contribution >= 4 is 63.5 Å². The summed E-state index contributed by atoms with van der Waals surface area (Å²) in [5.74, 6) is -1.29. The van der Waals surface area contributed by atoms with E-state index in [4.69, 9.17) is 39.4 Å². The molecule has 0 atom stereocenters. The average molecular weight is 587 g/mol. The minimum absolute atomic E-state index is 0.0716. The molecule has 0 aliphatic carbocycles. The summed E-state index contributed by atoms with van der Waals surface area (Å²) in [7, 11) is 1.45. The number of hydrogen-bond acceptors (Lipinski definition) is 9. The number of phenols is 1. The van der Waals surface area contributed by atoms with Crippen molar-refractivity contribution in [2.75, 3.05) is 42.3 Å². The number of aromatic nitrogens is 4. The number of ether oxygens (including phenoxy) is 1. The molecule has 6 N–H and O–H groups in total. The second-order valence-corrected chi connectivity index (χ2v) is 9.91. The van der Waals surface area contributed by atoms with Gasteiger partial charge in [0.25, 0.3) is 11.5 Å². The Morgan fingerprint density at radius 2 is 1.90 bits per heavy atom. The zero-order valence-corrected chi connectivity index (χ0v) is 22.7. The molecule has 1 aliphatic rings. The van der Waals surface area contributed by atoms with Gasteiger partial charge in [-0.15, -0.1) is 0 Å². The molecule has 0 unspecified atom stereocenters. The summed E-state index contributed by atoms with van der Waals surface area (Å²) in [6.45, 7) is 2.17. The third-order valence-corrected chi connectivity index (χ3v) is 7.13. The Morgan fingerprint density at radius 1 is 1.18 bits per heavy atom. The smallest absolute Gasteiger partial charge is 0.264 e. The summed E-state index contributed by atoms with van der Waals surface area (Å²) in [4.78, 5) is 49.0. The number of carbonyl (C=O) groups is 2. The van der Waals surface area contributed by atoms with Crippen LogP contribution in [0.15, 0.2) is 35.4 Å². The third-order valence-electron chi connectivity index (χ3n) is 6.54. The van der Waals surface area contributed by atoms with Gasteiger partial charge in [-0.3, -0.25) is 19.0 Å². The van der Waals surface area contributed by atoms with Crippen molar-refractivity contribution in [1.29, 1.82) is 0 Å². The Bertz CT molecular complexity index is 1730. The van der Waals surface area contributed by atoms with Crippen molar-refractivity contribution in [3.05, 3.63) is 56.6 Å². The number of aromatic hydroxyl groups is 1. The Hall–Kier alpha value is -4.33. The number of fused-ring (bicyclic) bond motifs is 1. The minimum Gasteiger partial charge on any atom is -0.506 e. The van der Waals surface area contributed by atoms with Gasteiger partial charge in [0.2, 0.25) is 11.9 Å². The zero-order chi connectivity index (χ0) is 28.7. The number of nitrogen functional groups attached to an aromatic ring is 1. The number of hydrogen-bond donors (Lipinski definition) is 4. The normalized spacial score (nSPS) is 13.5. The average Bonchev–Trinajstić information content (AvgIpc) is 3.28. The molecule has 0 spiro atoms. The summed E-state index contributed by atoms with van der Waals surface area (Å²) in [5, 5.41) is 13.2. The van der Waals surface area contributed by atoms with Crippen molar-refractivity contribution in [2.24, 2.45) is 12.8 Å². The molecule has 1 saturated heterocycles. The van der Waals surface area contributed by atoms with Crippen LogP contribution in [0, 0.1) is 0 Å². The Balaban J connectivity index is 1.54. The Labute approximate surface area is 236 Å². The summed E-state index contributed by atoms with van der Waals surface area (Å²) in [6, 6.07) is 4.37. The maximum Gasteiger partial charge on any atom is 0.264 e. The number of halogens is 2. The van der Waals surface area contributed by atoms with Crippen molar-refractivity contribution in [3.8, 4) is 16.9 Å². The van der Waals surface area contributed by atoms with Crippen molar-refractivity contribution in [2.45, 2.75) is 6.54 Å². The van der Waals surface area contributed by atoms with E-state index in [1.54, 1.807) is 6.07 Å². The number of morpholine rings is 1. The van der Waals surface area contributed by atoms with Crippen molar-refractivity contribution in [1.82, 2.24) is 19.1 Å². The van der Waals surface area contributed by atoms with Crippen LogP contribution in [0.4, 0.5) is 17.5 Å². The Kier molecular flexibility index (Phi) is 7.27. The number of pyridine rings is 1. The predicted molar refractivity (Wildman–Crippen MR) is 151 cm³/mol. The second-order valence-electron chi connectivity index (χ2n) is 9.09. The van der Waals surface area contributed by atoms with Gasteiger partial charge in [0.15, 0.2) is 5.65 Å². The number of rotatable bonds is 6. The number of nitrogens with zero attached hydrogens (tertiary/aromatic N) is 5. The summed E-state index contributed by atoms with van der Waals surface area (Å²) >= 11 is 12.5. The molecule has 4 aromatic rings. The summed E-state index contributed by atoms with van der Waals surface area (Å²) in [6.07, 6.45) is 2.97. The number of primary amides is 1. The van der Waals surface area contributed by atoms with Crippen LogP contribution < -0.4 is 27.2 Å². The van der Waals surface area contributed by atoms with Gasteiger partial charge in [0.05, 0.1) is 46.1 Å². The number of nitrogens with two attached hydrogens (primary N) is 2. The van der Waals surface area contributed by atoms with E-state index >= 15 is 0 Å². The van der Waals surface area contributed by atoms with Gasteiger partial charge in [-0.25, -0.2) is 4.98 Å². The fourth-order valence-electron chi connectivity index (χ4n) is 4.45. The van der Waals surface area contributed by atoms with Crippen LogP contribution in [0.2, 0.25) is 10.0 Å². The van der Waals surface area contributed by atoms with E-state index in [9.17, 15) is 19.5 Å². The maximum atomic E-state index is 13.3. The van der Waals surface area contributed by atoms with Gasteiger partial charge >= 0.3 is 0 Å². The minimum atomic E-state index is -0.912. The summed E-state index contributed by atoms with van der Waals surface area (Å²) < 4.78 is 7.98. The van der Waals surface area contributed by atoms with Crippen LogP contribution >= 0.6 is 23.2 Å². The standard InChI is InChI=1S/C25H24Cl2N8O5/c1-33-24(39)20-14(12-6-13(22(28)38)21(37)15(26)7-12)10-35(23(20)32-25(33)29)11-19(36)31-17-8-18(30-9-16(17)27)34-2-4-40-5-3-34/h6-10,37H,2-5,11H2,1H3,(H2,28,38)(H2,29,32)(H,30,31,36). The fraction of sp³-hybridized carbons (Fsp3) is 0.240. The molecule has 5 rings (SSSR count). The largest absolute Gasteiger partial charge is 0.506 e. The monoisotopic (exact) mass is 586 g/mol. The molecule has 1 fully saturated rings. The molecule has 13 nitrogen and oxygen atoms in total. The first-order chi connectivity index (χ1) is 19.0. The van der Waals surface area contributed by atoms with Gasteiger partial charge in [0.1, 0.15) is 18.1 Å². The first-order valence-electron chi connectivity index (χ1n) is 12.0. The highest BCUT2D eigenvalue weighted by atomic mass is 35.5. The molecular weight excluding hydrogens is 563 g/mol. The highest BCUT2D eigenvalue weighted by Gasteiger charge is 2.22. The number of amides is 2. The molecule has 4 heterocycles. The fourth-order valence-corrected chi connectivity index (χ4v) is 4.82. The van der Waals surface area contributed by atoms with Crippen LogP contribution in [0.25, 0.3) is 22.2 Å². The summed E-state index contributed by atoms with van der Waals surface area (Å²) in [5.41, 5.74) is 11.7. The van der Waals surface area contributed by atoms with Crippen LogP contribution in [-0.4, -0.2) is 62.3 Å². The number of benzene rings is 1. The van der Waals surface area contributed by atoms with Crippen LogP contribution in [0.3, 0.4) is 0 Å². The third kappa shape index (κ3) is 5.01. The molecule has 0 saturated carbocycles. The SMILES string of the molecule is Cn1c(N)nc2c(c(-c3cc(Cl)c(O)c(C(N)=O)c3)cn2CC(=O)Nc2cc(N3CCOCC3)ncc2Cl)c1=O. The van der Waals surface area contributed by atoms with E-state index in [1.807, 2.05) is 4.90 Å². The predicted octanol–water partition coefficient (Wildman–Crippen LogP) is 1.97. The van der Waals surface area contributed by atoms with Crippen molar-refractivity contribution in [3.63, 3.8) is 0 Å². The molecule has 0 bridgehead atoms. The van der Waals surface area contributed by atoms with E-state index < -0.39 is 23.1 Å². The first-order valence-corrected chi connectivity index (χ1v) is 12.8. The van der Waals surface area contributed by atoms with Gasteiger partial charge in [-0.2, -0.15) is 4.98 Å². The van der Waals surface area contributed by atoms with Gasteiger partial charge in [0, 0.05) is 38.0 Å². The molecule has 208 valence electrons. The van der Waals surface area contributed by atoms with Gasteiger partial charge < -0.3 is 36.1 Å². The molecule has 2 amide bonds. The van der Waals surface area contributed by atoms with E-state index in [0.717, 1.165) is 4.57 Å². The van der Waals surface area contributed by atoms with Gasteiger partial charge in [-0.05, 0) is 17.7 Å². The highest BCUT2D eigenvalue weighted by molar-refractivity contribution is 6.34. The van der Waals surface area contributed by atoms with E-state index in [2.05, 4.69) is 15.3 Å². The first kappa shape index (κ1) is 27.2. The maximum absolute atomic E-state index is 13.3. The van der Waals surface area contributed by atoms with E-state index in [0.29, 0.717) is 48.9 Å². The number of nitrogens with one attached hydrogen (secondary N) is 1. The molecule has 1 aromatic carbocycles. The zero-order valence-electron chi connectivity index (χ0n) is 21.1. The van der Waals surface area contributed by atoms with Crippen LogP contribution in [0.1, 0.15) is 10.4 Å². The lowest BCUT2D eigenvalue weighted by Gasteiger charge is -2.28. The quantitative estimate of drug-likeness (QED) is 0.262. The second kappa shape index (κ2) is 10.7. The van der Waals surface area contributed by atoms with Crippen molar-refractivity contribution < 1.29 is 19.4 Å². The lowest BCUT2D eigenvalue weighted by Crippen LogP contribution is -2.36. The highest BCUT2D eigenvalue weighted by Crippen LogP contribution is 2.36. The molecule has 15 heteroatoms. The van der Waals surface area contributed by atoms with E-state index in [1.165, 1.54) is 36.1 Å². The number of carbonyl (C=O) groups excluding carboxylic acids is 2. The van der Waals surface area contributed by atoms with E-state index in [-0.39, 0.29) is 39.1 Å². The molecule has 0 radical (unpaired) electrons. The molecular formula is C25H24Cl2N8O5. The Morgan fingerprint density at radius 3 is 2.60 bits per heavy atom. The van der Waals surface area contributed by atoms with Gasteiger partial charge in [-0.1, -0.05) is 23.2 Å².